The van der Waals surface area contributed by atoms with Crippen molar-refractivity contribution < 1.29 is 19.6 Å². The Morgan fingerprint density at radius 3 is 2.53 bits per heavy atom. The summed E-state index contributed by atoms with van der Waals surface area (Å²) in [5, 5.41) is 27.2. The molecule has 30 heavy (non-hydrogen) atoms. The Kier molecular flexibility index (Phi) is 5.72. The number of phenols is 1. The first-order valence-corrected chi connectivity index (χ1v) is 9.19. The van der Waals surface area contributed by atoms with Crippen molar-refractivity contribution in [3.63, 3.8) is 0 Å². The standard InChI is InChI=1S/C21H22N4O5/c1-21(2,3)14-4-7-16(8-5-14)30-13-24-11-10-17(23-24)20(27)22-18-12-15(25(28)29)6-9-19(18)26/h4-12,26H,13H2,1-3H3,(H,22,27). The molecule has 1 amide bonds. The number of aromatic hydroxyl groups is 1. The highest BCUT2D eigenvalue weighted by atomic mass is 16.6. The molecule has 0 spiro atoms. The predicted molar refractivity (Wildman–Crippen MR) is 111 cm³/mol. The largest absolute Gasteiger partial charge is 0.506 e. The van der Waals surface area contributed by atoms with Gasteiger partial charge in [0.05, 0.1) is 10.6 Å². The molecule has 0 atom stereocenters. The molecule has 0 fully saturated rings. The molecule has 0 saturated carbocycles. The van der Waals surface area contributed by atoms with Crippen LogP contribution in [0.1, 0.15) is 36.8 Å². The Bertz CT molecular complexity index is 1070. The molecule has 9 nitrogen and oxygen atoms in total. The molecule has 1 aromatic heterocycles. The van der Waals surface area contributed by atoms with E-state index in [1.807, 2.05) is 24.3 Å². The van der Waals surface area contributed by atoms with Crippen LogP contribution < -0.4 is 10.1 Å². The summed E-state index contributed by atoms with van der Waals surface area (Å²) in [6, 6.07) is 12.6. The molecule has 0 radical (unpaired) electrons. The van der Waals surface area contributed by atoms with Crippen molar-refractivity contribution in [1.82, 2.24) is 9.78 Å². The third kappa shape index (κ3) is 4.93. The third-order valence-corrected chi connectivity index (χ3v) is 4.40. The van der Waals surface area contributed by atoms with E-state index in [0.717, 1.165) is 18.2 Å². The van der Waals surface area contributed by atoms with E-state index in [1.54, 1.807) is 6.20 Å². The van der Waals surface area contributed by atoms with Gasteiger partial charge in [-0.15, -0.1) is 0 Å². The van der Waals surface area contributed by atoms with Gasteiger partial charge in [-0.05, 0) is 35.2 Å². The number of amides is 1. The van der Waals surface area contributed by atoms with E-state index >= 15 is 0 Å². The van der Waals surface area contributed by atoms with Gasteiger partial charge < -0.3 is 15.2 Å². The molecule has 0 aliphatic rings. The van der Waals surface area contributed by atoms with E-state index in [4.69, 9.17) is 4.74 Å². The molecule has 9 heteroatoms. The number of benzene rings is 2. The van der Waals surface area contributed by atoms with E-state index in [1.165, 1.54) is 16.3 Å². The van der Waals surface area contributed by atoms with Crippen molar-refractivity contribution in [1.29, 1.82) is 0 Å². The van der Waals surface area contributed by atoms with Gasteiger partial charge in [-0.2, -0.15) is 5.10 Å². The normalized spacial score (nSPS) is 11.2. The highest BCUT2D eigenvalue weighted by Crippen LogP contribution is 2.28. The van der Waals surface area contributed by atoms with Gasteiger partial charge in [-0.1, -0.05) is 32.9 Å². The van der Waals surface area contributed by atoms with Crippen LogP contribution >= 0.6 is 0 Å². The van der Waals surface area contributed by atoms with E-state index in [0.29, 0.717) is 5.75 Å². The average molecular weight is 410 g/mol. The zero-order valence-corrected chi connectivity index (χ0v) is 16.8. The molecule has 2 aromatic carbocycles. The van der Waals surface area contributed by atoms with Crippen molar-refractivity contribution in [3.05, 3.63) is 76.1 Å². The number of ether oxygens (including phenoxy) is 1. The molecule has 0 saturated heterocycles. The molecule has 0 aliphatic heterocycles. The lowest BCUT2D eigenvalue weighted by molar-refractivity contribution is -0.384. The van der Waals surface area contributed by atoms with Crippen LogP contribution in [0.25, 0.3) is 0 Å². The number of rotatable bonds is 6. The van der Waals surface area contributed by atoms with E-state index in [2.05, 4.69) is 31.2 Å². The van der Waals surface area contributed by atoms with Gasteiger partial charge in [-0.25, -0.2) is 4.68 Å². The molecular formula is C21H22N4O5. The maximum Gasteiger partial charge on any atom is 0.276 e. The minimum atomic E-state index is -0.616. The Morgan fingerprint density at radius 2 is 1.90 bits per heavy atom. The Labute approximate surface area is 173 Å². The monoisotopic (exact) mass is 410 g/mol. The predicted octanol–water partition coefficient (Wildman–Crippen LogP) is 4.08. The first kappa shape index (κ1) is 20.8. The summed E-state index contributed by atoms with van der Waals surface area (Å²) in [7, 11) is 0. The van der Waals surface area contributed by atoms with Crippen molar-refractivity contribution >= 4 is 17.3 Å². The number of hydrogen-bond acceptors (Lipinski definition) is 6. The third-order valence-electron chi connectivity index (χ3n) is 4.40. The summed E-state index contributed by atoms with van der Waals surface area (Å²) in [6.07, 6.45) is 1.58. The molecule has 0 aliphatic carbocycles. The average Bonchev–Trinajstić information content (AvgIpc) is 3.17. The van der Waals surface area contributed by atoms with E-state index in [-0.39, 0.29) is 35.0 Å². The van der Waals surface area contributed by atoms with Gasteiger partial charge in [0, 0.05) is 18.3 Å². The number of aromatic nitrogens is 2. The van der Waals surface area contributed by atoms with Crippen LogP contribution in [0, 0.1) is 10.1 Å². The summed E-state index contributed by atoms with van der Waals surface area (Å²) in [4.78, 5) is 22.6. The number of nitro benzene ring substituents is 1. The summed E-state index contributed by atoms with van der Waals surface area (Å²) >= 11 is 0. The van der Waals surface area contributed by atoms with Gasteiger partial charge >= 0.3 is 0 Å². The fourth-order valence-corrected chi connectivity index (χ4v) is 2.67. The maximum atomic E-state index is 12.4. The number of carbonyl (C=O) groups is 1. The van der Waals surface area contributed by atoms with Crippen LogP contribution in [0.3, 0.4) is 0 Å². The van der Waals surface area contributed by atoms with Crippen LogP contribution in [0.2, 0.25) is 0 Å². The van der Waals surface area contributed by atoms with E-state index < -0.39 is 10.8 Å². The number of non-ortho nitro benzene ring substituents is 1. The summed E-state index contributed by atoms with van der Waals surface area (Å²) in [6.45, 7) is 6.50. The number of nitrogens with one attached hydrogen (secondary N) is 1. The van der Waals surface area contributed by atoms with Crippen LogP contribution in [0.4, 0.5) is 11.4 Å². The molecular weight excluding hydrogens is 388 g/mol. The quantitative estimate of drug-likeness (QED) is 0.359. The zero-order chi connectivity index (χ0) is 21.9. The van der Waals surface area contributed by atoms with Gasteiger partial charge in [0.1, 0.15) is 11.5 Å². The summed E-state index contributed by atoms with van der Waals surface area (Å²) in [5.41, 5.74) is 1.000. The van der Waals surface area contributed by atoms with Crippen molar-refractivity contribution in [2.75, 3.05) is 5.32 Å². The zero-order valence-electron chi connectivity index (χ0n) is 16.8. The first-order valence-electron chi connectivity index (χ1n) is 9.19. The fourth-order valence-electron chi connectivity index (χ4n) is 2.67. The van der Waals surface area contributed by atoms with E-state index in [9.17, 15) is 20.0 Å². The lowest BCUT2D eigenvalue weighted by atomic mass is 9.87. The van der Waals surface area contributed by atoms with Gasteiger partial charge in [0.25, 0.3) is 11.6 Å². The van der Waals surface area contributed by atoms with Crippen LogP contribution in [0.15, 0.2) is 54.7 Å². The lowest BCUT2D eigenvalue weighted by Crippen LogP contribution is -2.14. The second-order valence-electron chi connectivity index (χ2n) is 7.70. The first-order chi connectivity index (χ1) is 14.1. The maximum absolute atomic E-state index is 12.4. The molecule has 0 unspecified atom stereocenters. The van der Waals surface area contributed by atoms with Gasteiger partial charge in [0.2, 0.25) is 0 Å². The highest BCUT2D eigenvalue weighted by Gasteiger charge is 2.16. The minimum absolute atomic E-state index is 0.0520. The van der Waals surface area contributed by atoms with Gasteiger partial charge in [-0.3, -0.25) is 14.9 Å². The van der Waals surface area contributed by atoms with Gasteiger partial charge in [0.15, 0.2) is 12.4 Å². The fraction of sp³-hybridized carbons (Fsp3) is 0.238. The number of hydrogen-bond donors (Lipinski definition) is 2. The number of nitrogens with zero attached hydrogens (tertiary/aromatic N) is 3. The molecule has 3 aromatic rings. The number of phenolic OH excluding ortho intramolecular Hbond substituents is 1. The smallest absolute Gasteiger partial charge is 0.276 e. The molecule has 1 heterocycles. The Hall–Kier alpha value is -3.88. The number of carbonyl (C=O) groups excluding carboxylic acids is 1. The second kappa shape index (κ2) is 8.24. The Balaban J connectivity index is 1.63. The summed E-state index contributed by atoms with van der Waals surface area (Å²) < 4.78 is 7.13. The summed E-state index contributed by atoms with van der Waals surface area (Å²) in [5.74, 6) is -0.222. The molecule has 156 valence electrons. The molecule has 2 N–H and O–H groups in total. The minimum Gasteiger partial charge on any atom is -0.506 e. The molecule has 0 bridgehead atoms. The van der Waals surface area contributed by atoms with Crippen molar-refractivity contribution in [3.8, 4) is 11.5 Å². The number of nitro groups is 1. The van der Waals surface area contributed by atoms with Crippen molar-refractivity contribution in [2.24, 2.45) is 0 Å². The number of anilines is 1. The topological polar surface area (TPSA) is 120 Å². The van der Waals surface area contributed by atoms with Crippen LogP contribution in [0.5, 0.6) is 11.5 Å². The van der Waals surface area contributed by atoms with Crippen LogP contribution in [-0.2, 0) is 12.1 Å². The highest BCUT2D eigenvalue weighted by molar-refractivity contribution is 6.03. The van der Waals surface area contributed by atoms with Crippen LogP contribution in [-0.4, -0.2) is 25.7 Å². The second-order valence-corrected chi connectivity index (χ2v) is 7.70. The van der Waals surface area contributed by atoms with Crippen molar-refractivity contribution in [2.45, 2.75) is 32.9 Å². The lowest BCUT2D eigenvalue weighted by Gasteiger charge is -2.19. The molecule has 3 rings (SSSR count). The Morgan fingerprint density at radius 1 is 1.20 bits per heavy atom. The SMILES string of the molecule is CC(C)(C)c1ccc(OCn2ccc(C(=O)Nc3cc([N+](=O)[O-])ccc3O)n2)cc1.